The summed E-state index contributed by atoms with van der Waals surface area (Å²) in [5.41, 5.74) is 0.512. The first kappa shape index (κ1) is 35.9. The Bertz CT molecular complexity index is 1890. The lowest BCUT2D eigenvalue weighted by atomic mass is 9.75. The molecule has 5 heterocycles. The van der Waals surface area contributed by atoms with Crippen LogP contribution < -0.4 is 20.3 Å². The number of hydrogen-bond donors (Lipinski definition) is 1. The second-order valence-corrected chi connectivity index (χ2v) is 14.3. The number of hydrogen-bond acceptors (Lipinski definition) is 11. The second kappa shape index (κ2) is 14.4. The van der Waals surface area contributed by atoms with E-state index in [1.165, 1.54) is 18.8 Å². The maximum Gasteiger partial charge on any atom is 0.264 e. The Kier molecular flexibility index (Phi) is 10.3. The van der Waals surface area contributed by atoms with Gasteiger partial charge in [-0.3, -0.25) is 19.1 Å². The third kappa shape index (κ3) is 6.75. The molecule has 1 amide bonds. The van der Waals surface area contributed by atoms with Crippen LogP contribution in [-0.4, -0.2) is 109 Å². The molecule has 1 aromatic carbocycles. The monoisotopic (exact) mass is 725 g/mol. The lowest BCUT2D eigenvalue weighted by molar-refractivity contribution is -0.204. The normalized spacial score (nSPS) is 18.0. The number of nitrogens with one attached hydrogen (secondary N) is 1. The van der Waals surface area contributed by atoms with Gasteiger partial charge < -0.3 is 29.2 Å². The minimum absolute atomic E-state index is 0.133. The maximum atomic E-state index is 14.1. The number of fused-ring (bicyclic) bond motifs is 1. The number of carbonyl (C=O) groups is 1. The van der Waals surface area contributed by atoms with E-state index in [0.717, 1.165) is 26.3 Å². The van der Waals surface area contributed by atoms with Gasteiger partial charge in [0.2, 0.25) is 5.95 Å². The minimum Gasteiger partial charge on any atom is -0.495 e. The van der Waals surface area contributed by atoms with Crippen molar-refractivity contribution in [2.45, 2.75) is 44.9 Å². The molecule has 3 fully saturated rings. The van der Waals surface area contributed by atoms with Crippen molar-refractivity contribution in [1.82, 2.24) is 24.3 Å². The Hall–Kier alpha value is -3.93. The first-order valence-corrected chi connectivity index (χ1v) is 17.2. The Labute approximate surface area is 300 Å². The van der Waals surface area contributed by atoms with Crippen LogP contribution in [0.1, 0.15) is 26.7 Å². The highest BCUT2D eigenvalue weighted by atomic mass is 35.5. The number of carbonyl (C=O) groups excluding carboxylic acids is 1. The van der Waals surface area contributed by atoms with Crippen LogP contribution >= 0.6 is 23.2 Å². The summed E-state index contributed by atoms with van der Waals surface area (Å²) in [6.07, 6.45) is 4.48. The number of nitrogens with zero attached hydrogens (tertiary/aromatic N) is 6. The Morgan fingerprint density at radius 1 is 1.16 bits per heavy atom. The molecule has 15 heteroatoms. The summed E-state index contributed by atoms with van der Waals surface area (Å²) in [6, 6.07) is 5.36. The predicted octanol–water partition coefficient (Wildman–Crippen LogP) is 4.39. The van der Waals surface area contributed by atoms with E-state index in [9.17, 15) is 14.9 Å². The lowest BCUT2D eigenvalue weighted by Crippen LogP contribution is -2.70. The van der Waals surface area contributed by atoms with E-state index in [-0.39, 0.29) is 62.9 Å². The number of benzene rings is 1. The average Bonchev–Trinajstić information content (AvgIpc) is 3.07. The van der Waals surface area contributed by atoms with Crippen molar-refractivity contribution >= 4 is 46.1 Å². The van der Waals surface area contributed by atoms with Crippen molar-refractivity contribution in [3.63, 3.8) is 0 Å². The summed E-state index contributed by atoms with van der Waals surface area (Å²) in [6.45, 7) is 8.73. The maximum absolute atomic E-state index is 14.1. The molecule has 3 aliphatic rings. The molecule has 1 N–H and O–H groups in total. The number of likely N-dealkylation sites (tertiary alicyclic amines) is 2. The molecule has 0 atom stereocenters. The zero-order valence-corrected chi connectivity index (χ0v) is 30.4. The summed E-state index contributed by atoms with van der Waals surface area (Å²) in [7, 11) is 4.63. The number of methoxy groups -OCH3 is 2. The van der Waals surface area contributed by atoms with Gasteiger partial charge >= 0.3 is 0 Å². The Morgan fingerprint density at radius 2 is 1.82 bits per heavy atom. The van der Waals surface area contributed by atoms with E-state index in [1.54, 1.807) is 36.4 Å². The topological polar surface area (TPSA) is 144 Å². The quantitative estimate of drug-likeness (QED) is 0.222. The van der Waals surface area contributed by atoms with Crippen molar-refractivity contribution in [3.05, 3.63) is 50.4 Å². The number of nitriles is 1. The van der Waals surface area contributed by atoms with E-state index in [0.29, 0.717) is 54.4 Å². The molecule has 0 saturated carbocycles. The molecule has 6 rings (SSSR count). The number of halogens is 2. The third-order valence-electron chi connectivity index (χ3n) is 9.82. The molecule has 3 saturated heterocycles. The number of ether oxygens (including phenoxy) is 4. The zero-order chi connectivity index (χ0) is 35.8. The fourth-order valence-electron chi connectivity index (χ4n) is 6.83. The van der Waals surface area contributed by atoms with Crippen molar-refractivity contribution < 1.29 is 23.7 Å². The molecule has 266 valence electrons. The van der Waals surface area contributed by atoms with E-state index in [4.69, 9.17) is 42.1 Å². The summed E-state index contributed by atoms with van der Waals surface area (Å²) in [5, 5.41) is 13.8. The molecule has 3 aliphatic heterocycles. The minimum atomic E-state index is -0.420. The van der Waals surface area contributed by atoms with E-state index in [1.807, 2.05) is 13.8 Å². The molecule has 0 aliphatic carbocycles. The van der Waals surface area contributed by atoms with Crippen LogP contribution in [0.3, 0.4) is 0 Å². The van der Waals surface area contributed by atoms with Crippen LogP contribution in [0, 0.1) is 16.7 Å². The van der Waals surface area contributed by atoms with Crippen LogP contribution in [0.5, 0.6) is 11.5 Å². The SMILES string of the molecule is CNc1ncc2cc(-c3c(Cl)c(OC)cc(OC)c3Cl)c(=O)n(CCOC3CCN(C(=O)C(C#N)=CC(C)(C)N4CC5(COC5)C4)CC3)c2n1. The fraction of sp³-hybridized carbons (Fsp3) is 0.514. The van der Waals surface area contributed by atoms with Gasteiger partial charge in [-0.05, 0) is 38.8 Å². The molecule has 50 heavy (non-hydrogen) atoms. The predicted molar refractivity (Wildman–Crippen MR) is 190 cm³/mol. The first-order chi connectivity index (χ1) is 23.9. The molecule has 0 bridgehead atoms. The largest absolute Gasteiger partial charge is 0.495 e. The van der Waals surface area contributed by atoms with Gasteiger partial charge in [0.25, 0.3) is 11.5 Å². The van der Waals surface area contributed by atoms with E-state index in [2.05, 4.69) is 26.3 Å². The summed E-state index contributed by atoms with van der Waals surface area (Å²) < 4.78 is 24.0. The summed E-state index contributed by atoms with van der Waals surface area (Å²) in [5.74, 6) is 0.700. The smallest absolute Gasteiger partial charge is 0.264 e. The van der Waals surface area contributed by atoms with Gasteiger partial charge in [-0.1, -0.05) is 23.2 Å². The molecule has 2 aromatic heterocycles. The first-order valence-electron chi connectivity index (χ1n) is 16.5. The number of anilines is 1. The van der Waals surface area contributed by atoms with Crippen molar-refractivity contribution in [2.75, 3.05) is 72.6 Å². The number of piperidine rings is 1. The van der Waals surface area contributed by atoms with Crippen LogP contribution in [0.25, 0.3) is 22.2 Å². The Balaban J connectivity index is 1.15. The molecule has 0 unspecified atom stereocenters. The van der Waals surface area contributed by atoms with Crippen LogP contribution in [0.15, 0.2) is 34.8 Å². The highest BCUT2D eigenvalue weighted by Gasteiger charge is 2.52. The molecule has 1 spiro atoms. The molecule has 0 radical (unpaired) electrons. The number of pyridine rings is 1. The highest BCUT2D eigenvalue weighted by molar-refractivity contribution is 6.41. The zero-order valence-electron chi connectivity index (χ0n) is 28.8. The number of aromatic nitrogens is 3. The van der Waals surface area contributed by atoms with Gasteiger partial charge in [-0.2, -0.15) is 10.2 Å². The van der Waals surface area contributed by atoms with Crippen LogP contribution in [-0.2, 0) is 20.8 Å². The van der Waals surface area contributed by atoms with Gasteiger partial charge in [0, 0.05) is 67.4 Å². The average molecular weight is 727 g/mol. The van der Waals surface area contributed by atoms with E-state index < -0.39 is 5.54 Å². The molecular formula is C35H41Cl2N7O6. The van der Waals surface area contributed by atoms with Crippen LogP contribution in [0.4, 0.5) is 5.95 Å². The molecule has 13 nitrogen and oxygen atoms in total. The highest BCUT2D eigenvalue weighted by Crippen LogP contribution is 2.45. The van der Waals surface area contributed by atoms with Crippen LogP contribution in [0.2, 0.25) is 10.0 Å². The summed E-state index contributed by atoms with van der Waals surface area (Å²) >= 11 is 13.4. The molecule has 3 aromatic rings. The van der Waals surface area contributed by atoms with Gasteiger partial charge in [0.15, 0.2) is 0 Å². The van der Waals surface area contributed by atoms with Crippen molar-refractivity contribution in [2.24, 2.45) is 5.41 Å². The third-order valence-corrected chi connectivity index (χ3v) is 10.6. The second-order valence-electron chi connectivity index (χ2n) is 13.6. The summed E-state index contributed by atoms with van der Waals surface area (Å²) in [4.78, 5) is 40.4. The van der Waals surface area contributed by atoms with Gasteiger partial charge in [-0.25, -0.2) is 4.98 Å². The van der Waals surface area contributed by atoms with Crippen molar-refractivity contribution in [1.29, 1.82) is 5.26 Å². The standard InChI is InChI=1S/C35H41Cl2N7O6/c1-34(2,43-17-35(18-43)19-49-20-35)14-22(15-38)31(45)42-8-6-23(7-9-42)50-11-10-44-30-21(16-40-33(39-3)41-30)12-24(32(44)46)27-28(36)25(47-4)13-26(48-5)29(27)37/h12-14,16,23H,6-11,17-20H2,1-5H3,(H,39,40,41). The van der Waals surface area contributed by atoms with Crippen molar-refractivity contribution in [3.8, 4) is 28.7 Å². The Morgan fingerprint density at radius 3 is 2.38 bits per heavy atom. The van der Waals surface area contributed by atoms with Gasteiger partial charge in [0.1, 0.15) is 28.8 Å². The lowest BCUT2D eigenvalue weighted by Gasteiger charge is -2.59. The fourth-order valence-corrected chi connectivity index (χ4v) is 7.53. The van der Waals surface area contributed by atoms with Gasteiger partial charge in [0.05, 0.1) is 62.3 Å². The molecular weight excluding hydrogens is 685 g/mol. The van der Waals surface area contributed by atoms with Gasteiger partial charge in [-0.15, -0.1) is 0 Å². The van der Waals surface area contributed by atoms with E-state index >= 15 is 0 Å². The number of rotatable bonds is 11. The number of amides is 1.